The van der Waals surface area contributed by atoms with Crippen molar-refractivity contribution in [3.63, 3.8) is 0 Å². The summed E-state index contributed by atoms with van der Waals surface area (Å²) in [6.07, 6.45) is 7.39. The van der Waals surface area contributed by atoms with Crippen LogP contribution < -0.4 is 5.32 Å². The third-order valence-electron chi connectivity index (χ3n) is 5.04. The minimum Gasteiger partial charge on any atom is -0.375 e. The molecule has 1 N–H and O–H groups in total. The second-order valence-corrected chi connectivity index (χ2v) is 10.5. The normalized spacial score (nSPS) is 13.2. The average molecular weight is 420 g/mol. The highest BCUT2D eigenvalue weighted by molar-refractivity contribution is 6.17. The van der Waals surface area contributed by atoms with E-state index in [1.165, 1.54) is 12.8 Å². The van der Waals surface area contributed by atoms with Gasteiger partial charge in [-0.05, 0) is 73.1 Å². The van der Waals surface area contributed by atoms with Gasteiger partial charge in [0.25, 0.3) is 5.91 Å². The molecule has 0 atom stereocenters. The van der Waals surface area contributed by atoms with E-state index >= 15 is 0 Å². The highest BCUT2D eigenvalue weighted by atomic mass is 35.5. The van der Waals surface area contributed by atoms with Crippen molar-refractivity contribution in [3.05, 3.63) is 0 Å². The first kappa shape index (κ1) is 27.7. The largest absolute Gasteiger partial charge is 0.375 e. The van der Waals surface area contributed by atoms with Crippen LogP contribution in [0.4, 0.5) is 0 Å². The molecular formula is C23H46ClNO3. The molecule has 168 valence electrons. The van der Waals surface area contributed by atoms with Crippen LogP contribution in [0.2, 0.25) is 0 Å². The standard InChI is InChI=1S/C23H46ClNO3/c1-19(2)13-17-28-23(7,8)20(26)25-21(3,4)15-18-27-22(5,6)14-11-9-10-12-16-24/h19H,9-18H2,1-8H3,(H,25,26). The molecule has 4 nitrogen and oxygen atoms in total. The lowest BCUT2D eigenvalue weighted by Crippen LogP contribution is -2.53. The van der Waals surface area contributed by atoms with Crippen molar-refractivity contribution in [2.75, 3.05) is 19.1 Å². The van der Waals surface area contributed by atoms with Gasteiger partial charge in [-0.15, -0.1) is 11.6 Å². The van der Waals surface area contributed by atoms with E-state index in [1.807, 2.05) is 27.7 Å². The van der Waals surface area contributed by atoms with E-state index in [1.54, 1.807) is 0 Å². The molecule has 0 heterocycles. The van der Waals surface area contributed by atoms with Crippen molar-refractivity contribution in [2.45, 2.75) is 117 Å². The first-order valence-corrected chi connectivity index (χ1v) is 11.5. The van der Waals surface area contributed by atoms with Crippen molar-refractivity contribution in [1.82, 2.24) is 5.32 Å². The summed E-state index contributed by atoms with van der Waals surface area (Å²) >= 11 is 5.72. The van der Waals surface area contributed by atoms with Crippen LogP contribution in [0.3, 0.4) is 0 Å². The highest BCUT2D eigenvalue weighted by Gasteiger charge is 2.33. The number of rotatable bonds is 16. The number of alkyl halides is 1. The summed E-state index contributed by atoms with van der Waals surface area (Å²) in [5.74, 6) is 1.25. The van der Waals surface area contributed by atoms with Crippen LogP contribution in [0.1, 0.15) is 100 Å². The maximum Gasteiger partial charge on any atom is 0.252 e. The molecule has 0 aromatic rings. The topological polar surface area (TPSA) is 47.6 Å². The number of carbonyl (C=O) groups excluding carboxylic acids is 1. The van der Waals surface area contributed by atoms with E-state index in [4.69, 9.17) is 21.1 Å². The second kappa shape index (κ2) is 13.1. The maximum atomic E-state index is 12.7. The van der Waals surface area contributed by atoms with E-state index in [-0.39, 0.29) is 17.0 Å². The molecule has 0 saturated heterocycles. The molecule has 0 fully saturated rings. The molecule has 0 rings (SSSR count). The average Bonchev–Trinajstić information content (AvgIpc) is 2.53. The number of nitrogens with one attached hydrogen (secondary N) is 1. The van der Waals surface area contributed by atoms with Crippen LogP contribution in [0, 0.1) is 5.92 Å². The van der Waals surface area contributed by atoms with Crippen molar-refractivity contribution in [3.8, 4) is 0 Å². The SMILES string of the molecule is CC(C)CCOC(C)(C)C(=O)NC(C)(C)CCOC(C)(C)CCCCCCCl. The van der Waals surface area contributed by atoms with Crippen molar-refractivity contribution >= 4 is 17.5 Å². The van der Waals surface area contributed by atoms with Gasteiger partial charge in [0, 0.05) is 24.6 Å². The molecule has 28 heavy (non-hydrogen) atoms. The molecule has 0 aliphatic heterocycles. The summed E-state index contributed by atoms with van der Waals surface area (Å²) in [7, 11) is 0. The second-order valence-electron chi connectivity index (χ2n) is 10.1. The first-order chi connectivity index (χ1) is 12.8. The van der Waals surface area contributed by atoms with Gasteiger partial charge < -0.3 is 14.8 Å². The summed E-state index contributed by atoms with van der Waals surface area (Å²) < 4.78 is 11.9. The minimum absolute atomic E-state index is 0.0696. The van der Waals surface area contributed by atoms with E-state index in [0.717, 1.165) is 38.0 Å². The number of carbonyl (C=O) groups is 1. The van der Waals surface area contributed by atoms with Crippen LogP contribution in [0.25, 0.3) is 0 Å². The van der Waals surface area contributed by atoms with Gasteiger partial charge in [-0.1, -0.05) is 33.1 Å². The van der Waals surface area contributed by atoms with E-state index in [0.29, 0.717) is 19.1 Å². The Labute approximate surface area is 179 Å². The number of amides is 1. The molecule has 0 aromatic carbocycles. The smallest absolute Gasteiger partial charge is 0.252 e. The number of halogens is 1. The van der Waals surface area contributed by atoms with Gasteiger partial charge in [-0.3, -0.25) is 4.79 Å². The van der Waals surface area contributed by atoms with Crippen LogP contribution in [-0.2, 0) is 14.3 Å². The molecule has 0 aliphatic rings. The molecule has 0 radical (unpaired) electrons. The van der Waals surface area contributed by atoms with Gasteiger partial charge in [0.2, 0.25) is 0 Å². The fraction of sp³-hybridized carbons (Fsp3) is 0.957. The van der Waals surface area contributed by atoms with Gasteiger partial charge >= 0.3 is 0 Å². The van der Waals surface area contributed by atoms with Crippen molar-refractivity contribution < 1.29 is 14.3 Å². The zero-order valence-corrected chi connectivity index (χ0v) is 20.5. The summed E-state index contributed by atoms with van der Waals surface area (Å²) in [5, 5.41) is 3.13. The lowest BCUT2D eigenvalue weighted by Gasteiger charge is -2.33. The minimum atomic E-state index is -0.824. The van der Waals surface area contributed by atoms with Crippen LogP contribution in [-0.4, -0.2) is 41.7 Å². The maximum absolute atomic E-state index is 12.7. The molecule has 0 spiro atoms. The van der Waals surface area contributed by atoms with Crippen LogP contribution in [0.5, 0.6) is 0 Å². The number of ether oxygens (including phenoxy) is 2. The molecule has 1 amide bonds. The Morgan fingerprint density at radius 3 is 2.07 bits per heavy atom. The zero-order chi connectivity index (χ0) is 21.8. The monoisotopic (exact) mass is 419 g/mol. The van der Waals surface area contributed by atoms with Crippen molar-refractivity contribution in [1.29, 1.82) is 0 Å². The number of hydrogen-bond donors (Lipinski definition) is 1. The molecule has 5 heteroatoms. The van der Waals surface area contributed by atoms with Gasteiger partial charge in [0.05, 0.1) is 5.60 Å². The summed E-state index contributed by atoms with van der Waals surface area (Å²) in [6.45, 7) is 17.6. The molecule has 0 aromatic heterocycles. The highest BCUT2D eigenvalue weighted by Crippen LogP contribution is 2.21. The Kier molecular flexibility index (Phi) is 12.9. The quantitative estimate of drug-likeness (QED) is 0.243. The molecule has 0 aliphatic carbocycles. The summed E-state index contributed by atoms with van der Waals surface area (Å²) in [6, 6.07) is 0. The molecule has 0 bridgehead atoms. The molecule has 0 saturated carbocycles. The number of unbranched alkanes of at least 4 members (excludes halogenated alkanes) is 3. The first-order valence-electron chi connectivity index (χ1n) is 11.0. The van der Waals surface area contributed by atoms with Gasteiger partial charge in [0.15, 0.2) is 0 Å². The fourth-order valence-corrected chi connectivity index (χ4v) is 2.98. The molecule has 0 unspecified atom stereocenters. The van der Waals surface area contributed by atoms with Crippen molar-refractivity contribution in [2.24, 2.45) is 5.92 Å². The van der Waals surface area contributed by atoms with E-state index < -0.39 is 5.60 Å². The van der Waals surface area contributed by atoms with E-state index in [9.17, 15) is 4.79 Å². The van der Waals surface area contributed by atoms with Crippen LogP contribution >= 0.6 is 11.6 Å². The summed E-state index contributed by atoms with van der Waals surface area (Å²) in [4.78, 5) is 12.7. The third kappa shape index (κ3) is 13.8. The lowest BCUT2D eigenvalue weighted by molar-refractivity contribution is -0.145. The third-order valence-corrected chi connectivity index (χ3v) is 5.31. The zero-order valence-electron chi connectivity index (χ0n) is 19.8. The number of hydrogen-bond acceptors (Lipinski definition) is 3. The predicted octanol–water partition coefficient (Wildman–Crippen LogP) is 6.10. The Bertz CT molecular complexity index is 434. The summed E-state index contributed by atoms with van der Waals surface area (Å²) in [5.41, 5.74) is -1.30. The van der Waals surface area contributed by atoms with Crippen LogP contribution in [0.15, 0.2) is 0 Å². The van der Waals surface area contributed by atoms with Gasteiger partial charge in [-0.25, -0.2) is 0 Å². The van der Waals surface area contributed by atoms with Gasteiger partial charge in [-0.2, -0.15) is 0 Å². The Balaban J connectivity index is 4.28. The Hall–Kier alpha value is -0.320. The van der Waals surface area contributed by atoms with E-state index in [2.05, 4.69) is 33.0 Å². The lowest BCUT2D eigenvalue weighted by atomic mass is 9.97. The predicted molar refractivity (Wildman–Crippen MR) is 120 cm³/mol. The Morgan fingerprint density at radius 2 is 1.50 bits per heavy atom. The Morgan fingerprint density at radius 1 is 0.893 bits per heavy atom. The fourth-order valence-electron chi connectivity index (χ4n) is 2.79. The van der Waals surface area contributed by atoms with Gasteiger partial charge in [0.1, 0.15) is 5.60 Å². The molecular weight excluding hydrogens is 374 g/mol.